The number of thiazole rings is 1. The second-order valence-electron chi connectivity index (χ2n) is 6.48. The van der Waals surface area contributed by atoms with Gasteiger partial charge in [0.15, 0.2) is 0 Å². The van der Waals surface area contributed by atoms with E-state index in [1.54, 1.807) is 0 Å². The zero-order valence-corrected chi connectivity index (χ0v) is 18.6. The minimum Gasteiger partial charge on any atom is -0.858 e. The Balaban J connectivity index is 0.00000192. The number of hydrogen-bond donors (Lipinski definition) is 0. The van der Waals surface area contributed by atoms with Gasteiger partial charge in [-0.25, -0.2) is 14.6 Å². The number of para-hydroxylation sites is 2. The molecule has 0 amide bonds. The summed E-state index contributed by atoms with van der Waals surface area (Å²) in [5.74, 6) is -0.186. The number of benzene rings is 2. The maximum Gasteiger partial charge on any atom is 1.00 e. The van der Waals surface area contributed by atoms with E-state index < -0.39 is 0 Å². The number of pyridine rings is 1. The molecule has 0 saturated carbocycles. The standard InChI is InChI=1S/C21H16N4OS.Na/c1-12-11-17(22-15-8-4-3-7-14(12)15)19-13(2)24-25(20(19)26)21-23-16-9-5-6-10-18(16)27-21;/h3-11,26H,1-2H3;/q;+1/p-1. The van der Waals surface area contributed by atoms with Gasteiger partial charge in [-0.2, -0.15) is 5.10 Å². The molecule has 2 aromatic carbocycles. The van der Waals surface area contributed by atoms with Crippen LogP contribution in [0.5, 0.6) is 5.88 Å². The van der Waals surface area contributed by atoms with Crippen LogP contribution in [-0.2, 0) is 0 Å². The third kappa shape index (κ3) is 3.02. The van der Waals surface area contributed by atoms with Crippen molar-refractivity contribution in [2.45, 2.75) is 13.8 Å². The predicted octanol–water partition coefficient (Wildman–Crippen LogP) is 1.39. The molecule has 0 unspecified atom stereocenters. The summed E-state index contributed by atoms with van der Waals surface area (Å²) >= 11 is 1.46. The molecule has 3 aromatic heterocycles. The molecule has 0 bridgehead atoms. The Hall–Kier alpha value is -2.25. The maximum absolute atomic E-state index is 13.1. The topological polar surface area (TPSA) is 66.7 Å². The van der Waals surface area contributed by atoms with Gasteiger partial charge in [0.25, 0.3) is 0 Å². The van der Waals surface area contributed by atoms with Crippen LogP contribution in [-0.4, -0.2) is 19.7 Å². The first-order valence-corrected chi connectivity index (χ1v) is 9.43. The van der Waals surface area contributed by atoms with E-state index in [1.807, 2.05) is 68.4 Å². The van der Waals surface area contributed by atoms with E-state index in [2.05, 4.69) is 10.1 Å². The number of hydrogen-bond acceptors (Lipinski definition) is 5. The molecule has 0 N–H and O–H groups in total. The SMILES string of the molecule is Cc1nn(-c2nc3ccccc3s2)c([O-])c1-c1cc(C)c2ccccc2n1.[Na+]. The maximum atomic E-state index is 13.1. The normalized spacial score (nSPS) is 11.1. The first-order chi connectivity index (χ1) is 13.1. The Morgan fingerprint density at radius 3 is 2.43 bits per heavy atom. The van der Waals surface area contributed by atoms with Crippen molar-refractivity contribution in [3.63, 3.8) is 0 Å². The van der Waals surface area contributed by atoms with Crippen molar-refractivity contribution in [3.8, 4) is 22.3 Å². The quantitative estimate of drug-likeness (QED) is 0.425. The van der Waals surface area contributed by atoms with E-state index in [-0.39, 0.29) is 35.4 Å². The first-order valence-electron chi connectivity index (χ1n) is 8.61. The van der Waals surface area contributed by atoms with Gasteiger partial charge in [-0.1, -0.05) is 41.7 Å². The van der Waals surface area contributed by atoms with Crippen LogP contribution in [0.4, 0.5) is 0 Å². The molecule has 0 aliphatic rings. The molecule has 0 spiro atoms. The van der Waals surface area contributed by atoms with Crippen LogP contribution < -0.4 is 34.7 Å². The Bertz CT molecular complexity index is 1290. The summed E-state index contributed by atoms with van der Waals surface area (Å²) in [5.41, 5.74) is 4.66. The number of rotatable bonds is 2. The second kappa shape index (κ2) is 7.29. The molecular formula is C21H15N4NaOS. The number of aryl methyl sites for hydroxylation is 2. The van der Waals surface area contributed by atoms with Crippen LogP contribution in [0.2, 0.25) is 0 Å². The third-order valence-corrected chi connectivity index (χ3v) is 5.67. The van der Waals surface area contributed by atoms with Crippen molar-refractivity contribution < 1.29 is 34.7 Å². The summed E-state index contributed by atoms with van der Waals surface area (Å²) in [4.78, 5) is 9.27. The molecule has 0 fully saturated rings. The van der Waals surface area contributed by atoms with Crippen LogP contribution in [0.25, 0.3) is 37.5 Å². The Morgan fingerprint density at radius 1 is 0.929 bits per heavy atom. The largest absolute Gasteiger partial charge is 1.00 e. The average Bonchev–Trinajstić information content (AvgIpc) is 3.22. The van der Waals surface area contributed by atoms with Crippen LogP contribution in [0.3, 0.4) is 0 Å². The fourth-order valence-electron chi connectivity index (χ4n) is 3.36. The molecule has 0 aliphatic heterocycles. The van der Waals surface area contributed by atoms with Gasteiger partial charge in [0.2, 0.25) is 5.13 Å². The second-order valence-corrected chi connectivity index (χ2v) is 7.49. The van der Waals surface area contributed by atoms with Crippen molar-refractivity contribution in [1.29, 1.82) is 0 Å². The van der Waals surface area contributed by atoms with Gasteiger partial charge in [0, 0.05) is 16.8 Å². The van der Waals surface area contributed by atoms with Gasteiger partial charge in [-0.05, 0) is 43.7 Å². The van der Waals surface area contributed by atoms with Gasteiger partial charge in [-0.3, -0.25) is 0 Å². The van der Waals surface area contributed by atoms with E-state index in [0.717, 1.165) is 26.7 Å². The molecule has 5 aromatic rings. The Labute approximate surface area is 188 Å². The number of fused-ring (bicyclic) bond motifs is 2. The average molecular weight is 394 g/mol. The zero-order chi connectivity index (χ0) is 18.5. The first kappa shape index (κ1) is 19.1. The van der Waals surface area contributed by atoms with Crippen LogP contribution in [0.15, 0.2) is 54.6 Å². The van der Waals surface area contributed by atoms with Gasteiger partial charge >= 0.3 is 29.6 Å². The van der Waals surface area contributed by atoms with Crippen LogP contribution >= 0.6 is 11.3 Å². The van der Waals surface area contributed by atoms with Crippen molar-refractivity contribution in [3.05, 3.63) is 65.9 Å². The van der Waals surface area contributed by atoms with Crippen LogP contribution in [0.1, 0.15) is 11.3 Å². The van der Waals surface area contributed by atoms with Gasteiger partial charge < -0.3 is 5.11 Å². The fraction of sp³-hybridized carbons (Fsp3) is 0.0952. The summed E-state index contributed by atoms with van der Waals surface area (Å²) in [6.45, 7) is 3.87. The molecule has 0 radical (unpaired) electrons. The summed E-state index contributed by atoms with van der Waals surface area (Å²) < 4.78 is 2.42. The minimum absolute atomic E-state index is 0. The summed E-state index contributed by atoms with van der Waals surface area (Å²) in [6, 6.07) is 17.7. The fourth-order valence-corrected chi connectivity index (χ4v) is 4.27. The van der Waals surface area contributed by atoms with Crippen molar-refractivity contribution in [1.82, 2.24) is 19.7 Å². The zero-order valence-electron chi connectivity index (χ0n) is 15.8. The van der Waals surface area contributed by atoms with Gasteiger partial charge in [0.05, 0.1) is 27.1 Å². The van der Waals surface area contributed by atoms with Crippen molar-refractivity contribution >= 4 is 32.5 Å². The molecular weight excluding hydrogens is 379 g/mol. The van der Waals surface area contributed by atoms with E-state index in [9.17, 15) is 5.11 Å². The smallest absolute Gasteiger partial charge is 0.858 e. The molecule has 0 saturated heterocycles. The molecule has 5 nitrogen and oxygen atoms in total. The third-order valence-electron chi connectivity index (χ3n) is 4.66. The van der Waals surface area contributed by atoms with Crippen LogP contribution in [0, 0.1) is 13.8 Å². The Morgan fingerprint density at radius 2 is 1.64 bits per heavy atom. The summed E-state index contributed by atoms with van der Waals surface area (Å²) in [6.07, 6.45) is 0. The Kier molecular flexibility index (Phi) is 4.97. The van der Waals surface area contributed by atoms with Crippen molar-refractivity contribution in [2.75, 3.05) is 0 Å². The number of aromatic nitrogens is 4. The van der Waals surface area contributed by atoms with E-state index in [1.165, 1.54) is 16.0 Å². The molecule has 132 valence electrons. The molecule has 3 heterocycles. The number of nitrogens with zero attached hydrogens (tertiary/aromatic N) is 4. The molecule has 28 heavy (non-hydrogen) atoms. The molecule has 7 heteroatoms. The van der Waals surface area contributed by atoms with E-state index in [0.29, 0.717) is 22.1 Å². The monoisotopic (exact) mass is 394 g/mol. The predicted molar refractivity (Wildman–Crippen MR) is 106 cm³/mol. The van der Waals surface area contributed by atoms with E-state index in [4.69, 9.17) is 4.98 Å². The molecule has 5 rings (SSSR count). The molecule has 0 atom stereocenters. The molecule has 0 aliphatic carbocycles. The van der Waals surface area contributed by atoms with Gasteiger partial charge in [0.1, 0.15) is 0 Å². The summed E-state index contributed by atoms with van der Waals surface area (Å²) in [7, 11) is 0. The van der Waals surface area contributed by atoms with Crippen molar-refractivity contribution in [2.24, 2.45) is 0 Å². The minimum atomic E-state index is -0.186. The van der Waals surface area contributed by atoms with Gasteiger partial charge in [-0.15, -0.1) is 0 Å². The van der Waals surface area contributed by atoms with E-state index >= 15 is 0 Å². The summed E-state index contributed by atoms with van der Waals surface area (Å²) in [5, 5.41) is 19.3.